The molecule has 2 heterocycles. The molecule has 4 rings (SSSR count). The van der Waals surface area contributed by atoms with Gasteiger partial charge in [-0.25, -0.2) is 12.7 Å². The Morgan fingerprint density at radius 3 is 2.56 bits per heavy atom. The molecular formula is C18H17N3O2S2. The number of hydrogen-bond acceptors (Lipinski definition) is 5. The van der Waals surface area contributed by atoms with E-state index >= 15 is 0 Å². The average Bonchev–Trinajstić information content (AvgIpc) is 3.18. The predicted molar refractivity (Wildman–Crippen MR) is 100 cm³/mol. The molecule has 2 aromatic rings. The number of rotatable bonds is 2. The molecule has 5 nitrogen and oxygen atoms in total. The Balaban J connectivity index is 1.64. The minimum absolute atomic E-state index is 0.0587. The number of nitrogens with zero attached hydrogens (tertiary/aromatic N) is 1. The van der Waals surface area contributed by atoms with Crippen LogP contribution in [0.25, 0.3) is 0 Å². The van der Waals surface area contributed by atoms with Crippen LogP contribution in [0.4, 0.5) is 5.69 Å². The number of fused-ring (bicyclic) bond motifs is 1. The van der Waals surface area contributed by atoms with Crippen LogP contribution in [0.2, 0.25) is 0 Å². The van der Waals surface area contributed by atoms with Crippen LogP contribution < -0.4 is 5.32 Å². The second-order valence-corrected chi connectivity index (χ2v) is 8.93. The number of benzene rings is 2. The third-order valence-electron chi connectivity index (χ3n) is 4.33. The molecule has 0 amide bonds. The SMILES string of the molecule is Cc1ccc(S(=O)(=O)N2CC/C(=C3\Nc4ccccc4S3)C2=N)cc1. The van der Waals surface area contributed by atoms with E-state index in [1.54, 1.807) is 36.0 Å². The van der Waals surface area contributed by atoms with Crippen LogP contribution in [-0.2, 0) is 10.0 Å². The van der Waals surface area contributed by atoms with Crippen LogP contribution in [0.15, 0.2) is 68.9 Å². The van der Waals surface area contributed by atoms with Gasteiger partial charge < -0.3 is 5.32 Å². The molecule has 0 unspecified atom stereocenters. The molecule has 2 aliphatic heterocycles. The molecule has 0 aliphatic carbocycles. The van der Waals surface area contributed by atoms with E-state index in [0.29, 0.717) is 13.0 Å². The molecule has 1 saturated heterocycles. The third-order valence-corrected chi connectivity index (χ3v) is 7.27. The predicted octanol–water partition coefficient (Wildman–Crippen LogP) is 3.80. The topological polar surface area (TPSA) is 73.3 Å². The highest BCUT2D eigenvalue weighted by atomic mass is 32.2. The maximum Gasteiger partial charge on any atom is 0.265 e. The zero-order valence-corrected chi connectivity index (χ0v) is 15.2. The van der Waals surface area contributed by atoms with E-state index in [4.69, 9.17) is 5.41 Å². The minimum atomic E-state index is -3.70. The number of hydrogen-bond donors (Lipinski definition) is 2. The van der Waals surface area contributed by atoms with Crippen molar-refractivity contribution in [3.63, 3.8) is 0 Å². The first kappa shape index (κ1) is 16.2. The fourth-order valence-electron chi connectivity index (χ4n) is 2.95. The van der Waals surface area contributed by atoms with Gasteiger partial charge in [-0.15, -0.1) is 0 Å². The largest absolute Gasteiger partial charge is 0.349 e. The number of sulfonamides is 1. The zero-order chi connectivity index (χ0) is 17.6. The van der Waals surface area contributed by atoms with Gasteiger partial charge in [0.15, 0.2) is 0 Å². The molecule has 0 saturated carbocycles. The number of amidine groups is 1. The fraction of sp³-hybridized carbons (Fsp3) is 0.167. The fourth-order valence-corrected chi connectivity index (χ4v) is 5.44. The van der Waals surface area contributed by atoms with Crippen molar-refractivity contribution in [2.24, 2.45) is 0 Å². The van der Waals surface area contributed by atoms with E-state index in [9.17, 15) is 8.42 Å². The summed E-state index contributed by atoms with van der Waals surface area (Å²) in [5.41, 5.74) is 2.75. The Kier molecular flexibility index (Phi) is 3.85. The van der Waals surface area contributed by atoms with Crippen LogP contribution in [0.3, 0.4) is 0 Å². The number of para-hydroxylation sites is 1. The second-order valence-electron chi connectivity index (χ2n) is 6.02. The Morgan fingerprint density at radius 2 is 1.84 bits per heavy atom. The molecule has 0 radical (unpaired) electrons. The van der Waals surface area contributed by atoms with Gasteiger partial charge in [0, 0.05) is 17.0 Å². The van der Waals surface area contributed by atoms with Crippen LogP contribution in [0.1, 0.15) is 12.0 Å². The van der Waals surface area contributed by atoms with E-state index in [0.717, 1.165) is 26.7 Å². The molecule has 0 bridgehead atoms. The van der Waals surface area contributed by atoms with Crippen molar-refractivity contribution in [3.8, 4) is 0 Å². The Labute approximate surface area is 151 Å². The van der Waals surface area contributed by atoms with E-state index in [1.807, 2.05) is 31.2 Å². The summed E-state index contributed by atoms with van der Waals surface area (Å²) in [5.74, 6) is 0.0587. The first-order chi connectivity index (χ1) is 12.0. The maximum absolute atomic E-state index is 12.9. The summed E-state index contributed by atoms with van der Waals surface area (Å²) < 4.78 is 26.9. The van der Waals surface area contributed by atoms with Gasteiger partial charge in [-0.2, -0.15) is 0 Å². The van der Waals surface area contributed by atoms with Crippen molar-refractivity contribution >= 4 is 33.3 Å². The molecule has 2 N–H and O–H groups in total. The Bertz CT molecular complexity index is 968. The van der Waals surface area contributed by atoms with Crippen molar-refractivity contribution < 1.29 is 8.42 Å². The Morgan fingerprint density at radius 1 is 1.12 bits per heavy atom. The molecule has 128 valence electrons. The lowest BCUT2D eigenvalue weighted by atomic mass is 10.2. The molecule has 25 heavy (non-hydrogen) atoms. The van der Waals surface area contributed by atoms with Crippen molar-refractivity contribution in [1.29, 1.82) is 5.41 Å². The number of aryl methyl sites for hydroxylation is 1. The molecule has 2 aromatic carbocycles. The summed E-state index contributed by atoms with van der Waals surface area (Å²) in [4.78, 5) is 1.32. The summed E-state index contributed by atoms with van der Waals surface area (Å²) in [6.07, 6.45) is 0.535. The quantitative estimate of drug-likeness (QED) is 0.842. The lowest BCUT2D eigenvalue weighted by Crippen LogP contribution is -2.32. The van der Waals surface area contributed by atoms with E-state index in [1.165, 1.54) is 4.31 Å². The summed E-state index contributed by atoms with van der Waals surface area (Å²) in [6.45, 7) is 2.21. The van der Waals surface area contributed by atoms with Gasteiger partial charge in [0.1, 0.15) is 5.84 Å². The van der Waals surface area contributed by atoms with Crippen LogP contribution in [0, 0.1) is 12.3 Å². The summed E-state index contributed by atoms with van der Waals surface area (Å²) in [7, 11) is -3.70. The number of anilines is 1. The summed E-state index contributed by atoms with van der Waals surface area (Å²) in [5, 5.41) is 12.6. The highest BCUT2D eigenvalue weighted by Crippen LogP contribution is 2.44. The van der Waals surface area contributed by atoms with Crippen molar-refractivity contribution in [2.75, 3.05) is 11.9 Å². The first-order valence-electron chi connectivity index (χ1n) is 7.92. The molecule has 0 aromatic heterocycles. The molecule has 0 atom stereocenters. The molecule has 2 aliphatic rings. The van der Waals surface area contributed by atoms with Crippen molar-refractivity contribution in [1.82, 2.24) is 4.31 Å². The third kappa shape index (κ3) is 2.73. The van der Waals surface area contributed by atoms with Gasteiger partial charge in [-0.3, -0.25) is 5.41 Å². The lowest BCUT2D eigenvalue weighted by Gasteiger charge is -2.18. The van der Waals surface area contributed by atoms with Crippen LogP contribution in [-0.4, -0.2) is 25.1 Å². The van der Waals surface area contributed by atoms with Gasteiger partial charge in [-0.05, 0) is 37.6 Å². The van der Waals surface area contributed by atoms with Gasteiger partial charge in [-0.1, -0.05) is 41.6 Å². The molecule has 0 spiro atoms. The number of nitrogens with one attached hydrogen (secondary N) is 2. The van der Waals surface area contributed by atoms with Crippen molar-refractivity contribution in [3.05, 3.63) is 64.7 Å². The van der Waals surface area contributed by atoms with Gasteiger partial charge in [0.05, 0.1) is 15.6 Å². The van der Waals surface area contributed by atoms with E-state index in [-0.39, 0.29) is 10.7 Å². The van der Waals surface area contributed by atoms with E-state index < -0.39 is 10.0 Å². The van der Waals surface area contributed by atoms with Gasteiger partial charge >= 0.3 is 0 Å². The zero-order valence-electron chi connectivity index (χ0n) is 13.6. The van der Waals surface area contributed by atoms with Crippen LogP contribution >= 0.6 is 11.8 Å². The average molecular weight is 371 g/mol. The van der Waals surface area contributed by atoms with Gasteiger partial charge in [0.2, 0.25) is 0 Å². The van der Waals surface area contributed by atoms with Crippen LogP contribution in [0.5, 0.6) is 0 Å². The standard InChI is InChI=1S/C18H17N3O2S2/c1-12-6-8-13(9-7-12)25(22,23)21-11-10-14(17(21)19)18-20-15-4-2-3-5-16(15)24-18/h2-9,19-20H,10-11H2,1H3/b18-14-,19-17?. The first-order valence-corrected chi connectivity index (χ1v) is 10.2. The smallest absolute Gasteiger partial charge is 0.265 e. The maximum atomic E-state index is 12.9. The Hall–Kier alpha value is -2.25. The summed E-state index contributed by atoms with van der Waals surface area (Å²) in [6, 6.07) is 14.7. The number of thioether (sulfide) groups is 1. The molecular weight excluding hydrogens is 354 g/mol. The van der Waals surface area contributed by atoms with Gasteiger partial charge in [0.25, 0.3) is 10.0 Å². The van der Waals surface area contributed by atoms with Crippen molar-refractivity contribution in [2.45, 2.75) is 23.1 Å². The molecule has 7 heteroatoms. The lowest BCUT2D eigenvalue weighted by molar-refractivity contribution is 0.535. The second kappa shape index (κ2) is 5.93. The van der Waals surface area contributed by atoms with E-state index in [2.05, 4.69) is 5.32 Å². The summed E-state index contributed by atoms with van der Waals surface area (Å²) >= 11 is 1.55. The molecule has 1 fully saturated rings. The monoisotopic (exact) mass is 371 g/mol. The minimum Gasteiger partial charge on any atom is -0.349 e. The highest BCUT2D eigenvalue weighted by molar-refractivity contribution is 8.03. The normalized spacial score (nSPS) is 19.9. The highest BCUT2D eigenvalue weighted by Gasteiger charge is 2.36.